The van der Waals surface area contributed by atoms with Crippen molar-refractivity contribution in [1.82, 2.24) is 0 Å². The molecule has 0 saturated heterocycles. The monoisotopic (exact) mass is 356 g/mol. The van der Waals surface area contributed by atoms with E-state index < -0.39 is 0 Å². The van der Waals surface area contributed by atoms with Crippen molar-refractivity contribution in [2.75, 3.05) is 13.7 Å². The summed E-state index contributed by atoms with van der Waals surface area (Å²) in [6.07, 6.45) is 9.71. The van der Waals surface area contributed by atoms with Gasteiger partial charge >= 0.3 is 11.9 Å². The van der Waals surface area contributed by atoms with Gasteiger partial charge in [0.15, 0.2) is 0 Å². The van der Waals surface area contributed by atoms with Crippen LogP contribution in [0.5, 0.6) is 0 Å². The van der Waals surface area contributed by atoms with Crippen molar-refractivity contribution in [2.24, 2.45) is 0 Å². The summed E-state index contributed by atoms with van der Waals surface area (Å²) < 4.78 is 10.1. The summed E-state index contributed by atoms with van der Waals surface area (Å²) in [6, 6.07) is 6.08. The molecular weight excluding hydrogens is 328 g/mol. The van der Waals surface area contributed by atoms with Crippen LogP contribution in [0.25, 0.3) is 0 Å². The first kappa shape index (κ1) is 18.7. The van der Waals surface area contributed by atoms with Crippen LogP contribution in [0, 0.1) is 0 Å². The summed E-state index contributed by atoms with van der Waals surface area (Å²) in [5.74, 6) is -0.469. The number of hydrogen-bond acceptors (Lipinski definition) is 4. The predicted octanol–water partition coefficient (Wildman–Crippen LogP) is 4.50. The van der Waals surface area contributed by atoms with Crippen LogP contribution in [-0.4, -0.2) is 25.7 Å². The van der Waals surface area contributed by atoms with Crippen LogP contribution in [0.4, 0.5) is 0 Å². The average molecular weight is 356 g/mol. The van der Waals surface area contributed by atoms with Crippen molar-refractivity contribution in [3.05, 3.63) is 46.5 Å². The van der Waals surface area contributed by atoms with E-state index in [1.54, 1.807) is 6.08 Å². The van der Waals surface area contributed by atoms with Crippen LogP contribution in [0.1, 0.15) is 73.4 Å². The van der Waals surface area contributed by atoms with Gasteiger partial charge < -0.3 is 9.47 Å². The number of unbranched alkanes of at least 4 members (excludes halogenated alkanes) is 1. The highest BCUT2D eigenvalue weighted by Crippen LogP contribution is 2.50. The number of rotatable bonds is 5. The normalized spacial score (nSPS) is 21.4. The molecule has 0 heterocycles. The smallest absolute Gasteiger partial charge is 0.338 e. The van der Waals surface area contributed by atoms with E-state index >= 15 is 0 Å². The van der Waals surface area contributed by atoms with Gasteiger partial charge in [-0.05, 0) is 73.6 Å². The Bertz CT molecular complexity index is 707. The standard InChI is InChI=1S/C22H28O4/c1-3-4-13-26-21(24)18-5-6-19-17(15-18)9-12-22(19)10-7-16(8-11-22)14-20(23)25-2/h5-6,14-15H,3-4,7-13H2,1-2H3. The van der Waals surface area contributed by atoms with Crippen LogP contribution in [-0.2, 0) is 26.1 Å². The van der Waals surface area contributed by atoms with Crippen LogP contribution in [0.15, 0.2) is 29.8 Å². The number of carbonyl (C=O) groups excluding carboxylic acids is 2. The summed E-state index contributed by atoms with van der Waals surface area (Å²) in [7, 11) is 1.42. The lowest BCUT2D eigenvalue weighted by molar-refractivity contribution is -0.134. The van der Waals surface area contributed by atoms with Crippen molar-refractivity contribution >= 4 is 11.9 Å². The van der Waals surface area contributed by atoms with Gasteiger partial charge in [-0.3, -0.25) is 0 Å². The molecule has 0 N–H and O–H groups in total. The first-order valence-electron chi connectivity index (χ1n) is 9.66. The molecule has 1 spiro atoms. The Morgan fingerprint density at radius 3 is 2.58 bits per heavy atom. The molecule has 140 valence electrons. The van der Waals surface area contributed by atoms with Crippen molar-refractivity contribution in [1.29, 1.82) is 0 Å². The third-order valence-electron chi connectivity index (χ3n) is 5.89. The minimum absolute atomic E-state index is 0.202. The Labute approximate surface area is 155 Å². The molecule has 4 heteroatoms. The molecule has 1 fully saturated rings. The van der Waals surface area contributed by atoms with E-state index in [1.165, 1.54) is 23.8 Å². The van der Waals surface area contributed by atoms with E-state index in [0.29, 0.717) is 12.2 Å². The quantitative estimate of drug-likeness (QED) is 0.443. The minimum atomic E-state index is -0.256. The van der Waals surface area contributed by atoms with Crippen LogP contribution < -0.4 is 0 Å². The predicted molar refractivity (Wildman–Crippen MR) is 100 cm³/mol. The lowest BCUT2D eigenvalue weighted by atomic mass is 9.69. The number of allylic oxidation sites excluding steroid dienone is 1. The molecule has 26 heavy (non-hydrogen) atoms. The number of methoxy groups -OCH3 is 1. The van der Waals surface area contributed by atoms with Crippen molar-refractivity contribution < 1.29 is 19.1 Å². The average Bonchev–Trinajstić information content (AvgIpc) is 3.01. The van der Waals surface area contributed by atoms with Crippen LogP contribution in [0.2, 0.25) is 0 Å². The minimum Gasteiger partial charge on any atom is -0.466 e. The van der Waals surface area contributed by atoms with Gasteiger partial charge in [-0.1, -0.05) is 25.0 Å². The fraction of sp³-hybridized carbons (Fsp3) is 0.545. The largest absolute Gasteiger partial charge is 0.466 e. The van der Waals surface area contributed by atoms with Crippen molar-refractivity contribution in [2.45, 2.75) is 63.7 Å². The van der Waals surface area contributed by atoms with Gasteiger partial charge in [0.25, 0.3) is 0 Å². The van der Waals surface area contributed by atoms with E-state index in [1.807, 2.05) is 12.1 Å². The van der Waals surface area contributed by atoms with Crippen LogP contribution >= 0.6 is 0 Å². The van der Waals surface area contributed by atoms with Gasteiger partial charge in [0, 0.05) is 6.08 Å². The summed E-state index contributed by atoms with van der Waals surface area (Å²) in [4.78, 5) is 23.6. The van der Waals surface area contributed by atoms with Gasteiger partial charge in [-0.2, -0.15) is 0 Å². The van der Waals surface area contributed by atoms with Gasteiger partial charge in [0.05, 0.1) is 19.3 Å². The molecule has 4 nitrogen and oxygen atoms in total. The molecule has 0 bridgehead atoms. The first-order valence-corrected chi connectivity index (χ1v) is 9.66. The highest BCUT2D eigenvalue weighted by Gasteiger charge is 2.40. The molecule has 0 aromatic heterocycles. The Morgan fingerprint density at radius 1 is 1.15 bits per heavy atom. The zero-order valence-electron chi connectivity index (χ0n) is 15.8. The zero-order valence-corrected chi connectivity index (χ0v) is 15.8. The Hall–Kier alpha value is -2.10. The molecule has 2 aliphatic carbocycles. The molecule has 1 aromatic rings. The molecule has 3 rings (SSSR count). The maximum Gasteiger partial charge on any atom is 0.338 e. The molecule has 0 radical (unpaired) electrons. The van der Waals surface area contributed by atoms with E-state index in [-0.39, 0.29) is 17.4 Å². The number of ether oxygens (including phenoxy) is 2. The zero-order chi connectivity index (χ0) is 18.6. The highest BCUT2D eigenvalue weighted by atomic mass is 16.5. The lowest BCUT2D eigenvalue weighted by Gasteiger charge is -2.35. The number of aryl methyl sites for hydroxylation is 1. The number of hydrogen-bond donors (Lipinski definition) is 0. The fourth-order valence-corrected chi connectivity index (χ4v) is 4.28. The number of esters is 2. The maximum absolute atomic E-state index is 12.2. The Balaban J connectivity index is 1.70. The van der Waals surface area contributed by atoms with Gasteiger partial charge in [-0.25, -0.2) is 9.59 Å². The van der Waals surface area contributed by atoms with E-state index in [0.717, 1.165) is 51.4 Å². The molecule has 2 aliphatic rings. The lowest BCUT2D eigenvalue weighted by Crippen LogP contribution is -2.27. The summed E-state index contributed by atoms with van der Waals surface area (Å²) in [6.45, 7) is 2.57. The molecule has 0 aliphatic heterocycles. The molecule has 0 amide bonds. The van der Waals surface area contributed by atoms with Crippen LogP contribution in [0.3, 0.4) is 0 Å². The molecule has 1 saturated carbocycles. The maximum atomic E-state index is 12.2. The van der Waals surface area contributed by atoms with Gasteiger partial charge in [-0.15, -0.1) is 0 Å². The fourth-order valence-electron chi connectivity index (χ4n) is 4.28. The third-order valence-corrected chi connectivity index (χ3v) is 5.89. The van der Waals surface area contributed by atoms with Crippen molar-refractivity contribution in [3.63, 3.8) is 0 Å². The van der Waals surface area contributed by atoms with Gasteiger partial charge in [0.1, 0.15) is 0 Å². The number of benzene rings is 1. The highest BCUT2D eigenvalue weighted by molar-refractivity contribution is 5.89. The molecule has 0 unspecified atom stereocenters. The SMILES string of the molecule is CCCCOC(=O)c1ccc2c(c1)CCC21CCC(=CC(=O)OC)CC1. The van der Waals surface area contributed by atoms with Crippen molar-refractivity contribution in [3.8, 4) is 0 Å². The van der Waals surface area contributed by atoms with Gasteiger partial charge in [0.2, 0.25) is 0 Å². The summed E-state index contributed by atoms with van der Waals surface area (Å²) in [5, 5.41) is 0. The van der Waals surface area contributed by atoms with E-state index in [2.05, 4.69) is 13.0 Å². The molecule has 1 aromatic carbocycles. The van der Waals surface area contributed by atoms with E-state index in [4.69, 9.17) is 9.47 Å². The second-order valence-electron chi connectivity index (χ2n) is 7.47. The second kappa shape index (κ2) is 8.07. The Kier molecular flexibility index (Phi) is 5.80. The Morgan fingerprint density at radius 2 is 1.88 bits per heavy atom. The molecule has 0 atom stereocenters. The van der Waals surface area contributed by atoms with E-state index in [9.17, 15) is 9.59 Å². The number of carbonyl (C=O) groups is 2. The second-order valence-corrected chi connectivity index (χ2v) is 7.47. The first-order chi connectivity index (χ1) is 12.6. The topological polar surface area (TPSA) is 52.6 Å². The third kappa shape index (κ3) is 3.84. The summed E-state index contributed by atoms with van der Waals surface area (Å²) >= 11 is 0. The molecular formula is C22H28O4. The summed E-state index contributed by atoms with van der Waals surface area (Å²) in [5.41, 5.74) is 4.73. The number of fused-ring (bicyclic) bond motifs is 2.